The van der Waals surface area contributed by atoms with E-state index in [1.807, 2.05) is 24.5 Å². The highest BCUT2D eigenvalue weighted by Crippen LogP contribution is 2.26. The molecular weight excluding hydrogens is 439 g/mol. The lowest BCUT2D eigenvalue weighted by Crippen LogP contribution is -2.32. The van der Waals surface area contributed by atoms with Crippen LogP contribution in [-0.2, 0) is 9.59 Å². The van der Waals surface area contributed by atoms with Gasteiger partial charge in [0, 0.05) is 44.4 Å². The molecule has 0 unspecified atom stereocenters. The van der Waals surface area contributed by atoms with Crippen LogP contribution >= 0.6 is 23.2 Å². The van der Waals surface area contributed by atoms with Crippen LogP contribution in [0.1, 0.15) is 17.0 Å². The van der Waals surface area contributed by atoms with Gasteiger partial charge in [0.1, 0.15) is 5.75 Å². The summed E-state index contributed by atoms with van der Waals surface area (Å²) in [6.07, 6.45) is 1.47. The maximum atomic E-state index is 12.1. The van der Waals surface area contributed by atoms with Gasteiger partial charge >= 0.3 is 11.8 Å². The SMILES string of the molecule is COc1cccc(NC(=O)C(=O)N/N=C\c2cc(C)n(-c3cc(Cl)cc(Cl)c3)c2C)c1. The third-order valence-electron chi connectivity index (χ3n) is 4.48. The summed E-state index contributed by atoms with van der Waals surface area (Å²) in [7, 11) is 1.51. The van der Waals surface area contributed by atoms with E-state index in [1.54, 1.807) is 42.5 Å². The molecule has 160 valence electrons. The number of hydrogen-bond donors (Lipinski definition) is 2. The molecule has 2 amide bonds. The van der Waals surface area contributed by atoms with E-state index >= 15 is 0 Å². The summed E-state index contributed by atoms with van der Waals surface area (Å²) in [6.45, 7) is 3.83. The van der Waals surface area contributed by atoms with Crippen LogP contribution in [-0.4, -0.2) is 29.7 Å². The number of nitrogens with zero attached hydrogens (tertiary/aromatic N) is 2. The van der Waals surface area contributed by atoms with E-state index in [9.17, 15) is 9.59 Å². The average Bonchev–Trinajstić information content (AvgIpc) is 3.00. The molecule has 1 heterocycles. The number of aromatic nitrogens is 1. The van der Waals surface area contributed by atoms with Gasteiger partial charge in [0.05, 0.1) is 13.3 Å². The molecule has 0 atom stereocenters. The molecule has 7 nitrogen and oxygen atoms in total. The van der Waals surface area contributed by atoms with Crippen LogP contribution in [0.2, 0.25) is 10.0 Å². The van der Waals surface area contributed by atoms with E-state index in [-0.39, 0.29) is 0 Å². The van der Waals surface area contributed by atoms with Crippen molar-refractivity contribution in [3.05, 3.63) is 75.5 Å². The molecule has 31 heavy (non-hydrogen) atoms. The maximum Gasteiger partial charge on any atom is 0.329 e. The molecule has 3 rings (SSSR count). The molecule has 3 aromatic rings. The molecule has 0 radical (unpaired) electrons. The minimum Gasteiger partial charge on any atom is -0.497 e. The number of amides is 2. The molecule has 0 saturated carbocycles. The van der Waals surface area contributed by atoms with E-state index in [2.05, 4.69) is 15.8 Å². The first-order chi connectivity index (χ1) is 14.8. The predicted molar refractivity (Wildman–Crippen MR) is 123 cm³/mol. The molecule has 0 aliphatic rings. The first-order valence-corrected chi connectivity index (χ1v) is 9.98. The number of hydrazone groups is 1. The van der Waals surface area contributed by atoms with Crippen LogP contribution < -0.4 is 15.5 Å². The fraction of sp³-hybridized carbons (Fsp3) is 0.136. The second-order valence-corrected chi connectivity index (χ2v) is 7.55. The Morgan fingerprint density at radius 3 is 2.42 bits per heavy atom. The summed E-state index contributed by atoms with van der Waals surface area (Å²) >= 11 is 12.2. The number of aryl methyl sites for hydroxylation is 1. The van der Waals surface area contributed by atoms with Gasteiger partial charge in [-0.15, -0.1) is 0 Å². The highest BCUT2D eigenvalue weighted by Gasteiger charge is 2.14. The number of ether oxygens (including phenoxy) is 1. The molecule has 2 aromatic carbocycles. The van der Waals surface area contributed by atoms with E-state index in [4.69, 9.17) is 27.9 Å². The zero-order valence-electron chi connectivity index (χ0n) is 17.1. The van der Waals surface area contributed by atoms with Gasteiger partial charge in [-0.3, -0.25) is 9.59 Å². The predicted octanol–water partition coefficient (Wildman–Crippen LogP) is 4.50. The minimum absolute atomic E-state index is 0.437. The maximum absolute atomic E-state index is 12.1. The van der Waals surface area contributed by atoms with Crippen molar-refractivity contribution in [3.8, 4) is 11.4 Å². The van der Waals surface area contributed by atoms with Crippen molar-refractivity contribution in [2.75, 3.05) is 12.4 Å². The fourth-order valence-corrected chi connectivity index (χ4v) is 3.60. The Kier molecular flexibility index (Phi) is 6.99. The number of benzene rings is 2. The zero-order chi connectivity index (χ0) is 22.5. The number of rotatable bonds is 5. The lowest BCUT2D eigenvalue weighted by Gasteiger charge is -2.10. The first-order valence-electron chi connectivity index (χ1n) is 9.22. The number of carbonyl (C=O) groups is 2. The third kappa shape index (κ3) is 5.45. The topological polar surface area (TPSA) is 84.7 Å². The number of nitrogens with one attached hydrogen (secondary N) is 2. The molecule has 0 bridgehead atoms. The Morgan fingerprint density at radius 2 is 1.74 bits per heavy atom. The van der Waals surface area contributed by atoms with E-state index < -0.39 is 11.8 Å². The van der Waals surface area contributed by atoms with Crippen molar-refractivity contribution in [1.82, 2.24) is 9.99 Å². The Bertz CT molecular complexity index is 1150. The molecule has 1 aromatic heterocycles. The van der Waals surface area contributed by atoms with E-state index in [0.717, 1.165) is 22.6 Å². The van der Waals surface area contributed by atoms with Crippen LogP contribution in [0.15, 0.2) is 53.6 Å². The lowest BCUT2D eigenvalue weighted by atomic mass is 10.2. The Morgan fingerprint density at radius 1 is 1.03 bits per heavy atom. The molecule has 2 N–H and O–H groups in total. The van der Waals surface area contributed by atoms with Gasteiger partial charge in [-0.05, 0) is 50.2 Å². The number of carbonyl (C=O) groups excluding carboxylic acids is 2. The first kappa shape index (κ1) is 22.4. The van der Waals surface area contributed by atoms with E-state index in [0.29, 0.717) is 21.5 Å². The summed E-state index contributed by atoms with van der Waals surface area (Å²) in [4.78, 5) is 24.1. The standard InChI is InChI=1S/C22H20Cl2N4O3/c1-13-7-15(14(2)28(13)19-9-16(23)8-17(24)10-19)12-25-27-22(30)21(29)26-18-5-4-6-20(11-18)31-3/h4-12H,1-3H3,(H,26,29)(H,27,30)/b25-12-. The van der Waals surface area contributed by atoms with Crippen LogP contribution in [0, 0.1) is 13.8 Å². The van der Waals surface area contributed by atoms with Gasteiger partial charge in [0.15, 0.2) is 0 Å². The Hall–Kier alpha value is -3.29. The Balaban J connectivity index is 1.69. The summed E-state index contributed by atoms with van der Waals surface area (Å²) in [6, 6.07) is 13.9. The van der Waals surface area contributed by atoms with Gasteiger partial charge in [-0.25, -0.2) is 5.43 Å². The van der Waals surface area contributed by atoms with Crippen LogP contribution in [0.25, 0.3) is 5.69 Å². The van der Waals surface area contributed by atoms with Crippen molar-refractivity contribution >= 4 is 46.9 Å². The largest absolute Gasteiger partial charge is 0.497 e. The summed E-state index contributed by atoms with van der Waals surface area (Å²) < 4.78 is 7.06. The van der Waals surface area contributed by atoms with Gasteiger partial charge in [0.2, 0.25) is 0 Å². The molecule has 0 fully saturated rings. The number of methoxy groups -OCH3 is 1. The quantitative estimate of drug-likeness (QED) is 0.335. The highest BCUT2D eigenvalue weighted by molar-refractivity contribution is 6.39. The normalized spacial score (nSPS) is 10.9. The summed E-state index contributed by atoms with van der Waals surface area (Å²) in [5, 5.41) is 7.45. The second kappa shape index (κ2) is 9.68. The summed E-state index contributed by atoms with van der Waals surface area (Å²) in [5.74, 6) is -1.17. The van der Waals surface area contributed by atoms with Crippen LogP contribution in [0.5, 0.6) is 5.75 Å². The molecule has 0 aliphatic carbocycles. The fourth-order valence-electron chi connectivity index (χ4n) is 3.08. The molecular formula is C22H20Cl2N4O3. The number of anilines is 1. The molecule has 0 spiro atoms. The van der Waals surface area contributed by atoms with Gasteiger partial charge in [-0.1, -0.05) is 29.3 Å². The van der Waals surface area contributed by atoms with Crippen molar-refractivity contribution < 1.29 is 14.3 Å². The average molecular weight is 459 g/mol. The third-order valence-corrected chi connectivity index (χ3v) is 4.92. The number of halogens is 2. The zero-order valence-corrected chi connectivity index (χ0v) is 18.6. The molecule has 0 aliphatic heterocycles. The lowest BCUT2D eigenvalue weighted by molar-refractivity contribution is -0.136. The molecule has 0 saturated heterocycles. The van der Waals surface area contributed by atoms with Crippen molar-refractivity contribution in [3.63, 3.8) is 0 Å². The summed E-state index contributed by atoms with van der Waals surface area (Å²) in [5.41, 5.74) is 6.05. The van der Waals surface area contributed by atoms with Gasteiger partial charge in [0.25, 0.3) is 0 Å². The van der Waals surface area contributed by atoms with Crippen molar-refractivity contribution in [2.45, 2.75) is 13.8 Å². The highest BCUT2D eigenvalue weighted by atomic mass is 35.5. The van der Waals surface area contributed by atoms with Gasteiger partial charge in [-0.2, -0.15) is 5.10 Å². The smallest absolute Gasteiger partial charge is 0.329 e. The Labute approximate surface area is 189 Å². The van der Waals surface area contributed by atoms with E-state index in [1.165, 1.54) is 13.3 Å². The minimum atomic E-state index is -0.894. The van der Waals surface area contributed by atoms with Crippen molar-refractivity contribution in [1.29, 1.82) is 0 Å². The van der Waals surface area contributed by atoms with Gasteiger partial charge < -0.3 is 14.6 Å². The number of hydrogen-bond acceptors (Lipinski definition) is 4. The van der Waals surface area contributed by atoms with Crippen molar-refractivity contribution in [2.24, 2.45) is 5.10 Å². The molecule has 9 heteroatoms. The van der Waals surface area contributed by atoms with Crippen LogP contribution in [0.4, 0.5) is 5.69 Å². The van der Waals surface area contributed by atoms with Crippen LogP contribution in [0.3, 0.4) is 0 Å². The second-order valence-electron chi connectivity index (χ2n) is 6.67. The monoisotopic (exact) mass is 458 g/mol.